The fourth-order valence-corrected chi connectivity index (χ4v) is 4.91. The zero-order valence-corrected chi connectivity index (χ0v) is 21.1. The molecule has 4 rings (SSSR count). The topological polar surface area (TPSA) is 52.7 Å². The van der Waals surface area contributed by atoms with E-state index in [1.54, 1.807) is 4.90 Å². The lowest BCUT2D eigenvalue weighted by atomic mass is 9.91. The van der Waals surface area contributed by atoms with Gasteiger partial charge < -0.3 is 15.1 Å². The molecule has 0 radical (unpaired) electrons. The first-order valence-corrected chi connectivity index (χ1v) is 12.4. The van der Waals surface area contributed by atoms with Crippen LogP contribution in [0.3, 0.4) is 0 Å². The van der Waals surface area contributed by atoms with Crippen LogP contribution in [0.5, 0.6) is 0 Å². The SMILES string of the molecule is CN(C)c1ccc(NC(=O)C2(N(Cc3ccc(Cl)cc3)C(=O)Cc3ccccc3)CCCC2)cc1. The second-order valence-corrected chi connectivity index (χ2v) is 9.84. The second kappa shape index (κ2) is 11.0. The van der Waals surface area contributed by atoms with E-state index in [1.807, 2.05) is 97.9 Å². The summed E-state index contributed by atoms with van der Waals surface area (Å²) < 4.78 is 0. The highest BCUT2D eigenvalue weighted by Crippen LogP contribution is 2.38. The first-order valence-electron chi connectivity index (χ1n) is 12.0. The van der Waals surface area contributed by atoms with Crippen molar-refractivity contribution in [2.45, 2.75) is 44.2 Å². The molecule has 0 heterocycles. The second-order valence-electron chi connectivity index (χ2n) is 9.40. The molecule has 1 aliphatic carbocycles. The normalized spacial score (nSPS) is 14.4. The minimum absolute atomic E-state index is 0.0499. The van der Waals surface area contributed by atoms with Crippen molar-refractivity contribution in [1.29, 1.82) is 0 Å². The summed E-state index contributed by atoms with van der Waals surface area (Å²) in [5, 5.41) is 3.76. The van der Waals surface area contributed by atoms with Crippen molar-refractivity contribution < 1.29 is 9.59 Å². The summed E-state index contributed by atoms with van der Waals surface area (Å²) in [6, 6.07) is 25.0. The molecule has 0 aliphatic heterocycles. The Morgan fingerprint density at radius 2 is 1.49 bits per heavy atom. The summed E-state index contributed by atoms with van der Waals surface area (Å²) >= 11 is 6.10. The van der Waals surface area contributed by atoms with Crippen molar-refractivity contribution in [2.24, 2.45) is 0 Å². The largest absolute Gasteiger partial charge is 0.378 e. The number of nitrogens with one attached hydrogen (secondary N) is 1. The Hall–Kier alpha value is -3.31. The molecule has 0 saturated heterocycles. The molecular weight excluding hydrogens is 458 g/mol. The van der Waals surface area contributed by atoms with E-state index < -0.39 is 5.54 Å². The number of hydrogen-bond donors (Lipinski definition) is 1. The Morgan fingerprint density at radius 1 is 0.857 bits per heavy atom. The van der Waals surface area contributed by atoms with Crippen LogP contribution in [-0.4, -0.2) is 36.3 Å². The molecule has 0 unspecified atom stereocenters. The average molecular weight is 490 g/mol. The highest BCUT2D eigenvalue weighted by molar-refractivity contribution is 6.30. The average Bonchev–Trinajstić information content (AvgIpc) is 3.35. The number of halogens is 1. The lowest BCUT2D eigenvalue weighted by Gasteiger charge is -2.40. The molecule has 1 fully saturated rings. The molecule has 35 heavy (non-hydrogen) atoms. The third kappa shape index (κ3) is 5.85. The van der Waals surface area contributed by atoms with Gasteiger partial charge in [0.25, 0.3) is 0 Å². The Morgan fingerprint density at radius 3 is 2.09 bits per heavy atom. The van der Waals surface area contributed by atoms with Gasteiger partial charge in [0.1, 0.15) is 5.54 Å². The maximum atomic E-state index is 13.9. The molecule has 1 saturated carbocycles. The van der Waals surface area contributed by atoms with Crippen molar-refractivity contribution in [3.8, 4) is 0 Å². The lowest BCUT2D eigenvalue weighted by Crippen LogP contribution is -2.57. The number of amides is 2. The van der Waals surface area contributed by atoms with E-state index in [2.05, 4.69) is 5.32 Å². The van der Waals surface area contributed by atoms with Crippen LogP contribution >= 0.6 is 11.6 Å². The summed E-state index contributed by atoms with van der Waals surface area (Å²) in [5.41, 5.74) is 2.78. The van der Waals surface area contributed by atoms with Gasteiger partial charge in [-0.25, -0.2) is 0 Å². The van der Waals surface area contributed by atoms with Crippen LogP contribution in [0, 0.1) is 0 Å². The van der Waals surface area contributed by atoms with Crippen molar-refractivity contribution in [3.05, 3.63) is 95.0 Å². The summed E-state index contributed by atoms with van der Waals surface area (Å²) in [6.07, 6.45) is 3.35. The third-order valence-corrected chi connectivity index (χ3v) is 7.02. The highest BCUT2D eigenvalue weighted by atomic mass is 35.5. The van der Waals surface area contributed by atoms with Gasteiger partial charge in [-0.05, 0) is 60.4 Å². The smallest absolute Gasteiger partial charge is 0.250 e. The Balaban J connectivity index is 1.64. The van der Waals surface area contributed by atoms with Crippen LogP contribution in [0.15, 0.2) is 78.9 Å². The van der Waals surface area contributed by atoms with Gasteiger partial charge in [-0.1, -0.05) is 66.9 Å². The molecular formula is C29H32ClN3O2. The van der Waals surface area contributed by atoms with Gasteiger partial charge in [-0.15, -0.1) is 0 Å². The standard InChI is InChI=1S/C29H32ClN3O2/c1-32(2)26-16-14-25(15-17-26)31-28(35)29(18-6-7-19-29)33(21-23-10-12-24(30)13-11-23)27(34)20-22-8-4-3-5-9-22/h3-5,8-17H,6-7,18-21H2,1-2H3,(H,31,35). The number of hydrogen-bond acceptors (Lipinski definition) is 3. The predicted octanol–water partition coefficient (Wildman–Crippen LogP) is 5.93. The molecule has 0 spiro atoms. The lowest BCUT2D eigenvalue weighted by molar-refractivity contribution is -0.145. The molecule has 0 bridgehead atoms. The highest BCUT2D eigenvalue weighted by Gasteiger charge is 2.48. The van der Waals surface area contributed by atoms with E-state index in [1.165, 1.54) is 0 Å². The molecule has 6 heteroatoms. The number of benzene rings is 3. The maximum absolute atomic E-state index is 13.9. The fraction of sp³-hybridized carbons (Fsp3) is 0.310. The monoisotopic (exact) mass is 489 g/mol. The van der Waals surface area contributed by atoms with Crippen molar-refractivity contribution in [1.82, 2.24) is 4.90 Å². The molecule has 1 N–H and O–H groups in total. The van der Waals surface area contributed by atoms with Crippen LogP contribution in [0.4, 0.5) is 11.4 Å². The molecule has 5 nitrogen and oxygen atoms in total. The van der Waals surface area contributed by atoms with Crippen LogP contribution in [0.25, 0.3) is 0 Å². The third-order valence-electron chi connectivity index (χ3n) is 6.76. The van der Waals surface area contributed by atoms with Crippen LogP contribution in [0.2, 0.25) is 5.02 Å². The van der Waals surface area contributed by atoms with E-state index in [0.29, 0.717) is 24.4 Å². The molecule has 1 aliphatic rings. The van der Waals surface area contributed by atoms with Gasteiger partial charge in [0.15, 0.2) is 0 Å². The predicted molar refractivity (Wildman–Crippen MR) is 143 cm³/mol. The van der Waals surface area contributed by atoms with Gasteiger partial charge in [0, 0.05) is 37.0 Å². The van der Waals surface area contributed by atoms with E-state index in [0.717, 1.165) is 35.3 Å². The maximum Gasteiger partial charge on any atom is 0.250 e. The number of carbonyl (C=O) groups is 2. The first-order chi connectivity index (χ1) is 16.9. The molecule has 2 amide bonds. The molecule has 3 aromatic rings. The van der Waals surface area contributed by atoms with E-state index in [4.69, 9.17) is 11.6 Å². The number of anilines is 2. The number of carbonyl (C=O) groups excluding carboxylic acids is 2. The van der Waals surface area contributed by atoms with E-state index >= 15 is 0 Å². The quantitative estimate of drug-likeness (QED) is 0.426. The zero-order valence-electron chi connectivity index (χ0n) is 20.3. The van der Waals surface area contributed by atoms with Gasteiger partial charge in [0.05, 0.1) is 6.42 Å². The van der Waals surface area contributed by atoms with Crippen molar-refractivity contribution >= 4 is 34.8 Å². The molecule has 3 aromatic carbocycles. The molecule has 182 valence electrons. The molecule has 0 aromatic heterocycles. The van der Waals surface area contributed by atoms with E-state index in [-0.39, 0.29) is 18.2 Å². The minimum Gasteiger partial charge on any atom is -0.378 e. The minimum atomic E-state index is -0.897. The van der Waals surface area contributed by atoms with Crippen LogP contribution in [-0.2, 0) is 22.6 Å². The zero-order chi connectivity index (χ0) is 24.8. The Kier molecular flexibility index (Phi) is 7.76. The summed E-state index contributed by atoms with van der Waals surface area (Å²) in [4.78, 5) is 31.4. The summed E-state index contributed by atoms with van der Waals surface area (Å²) in [5.74, 6) is -0.172. The first kappa shape index (κ1) is 24.8. The van der Waals surface area contributed by atoms with Crippen molar-refractivity contribution in [2.75, 3.05) is 24.3 Å². The van der Waals surface area contributed by atoms with E-state index in [9.17, 15) is 9.59 Å². The summed E-state index contributed by atoms with van der Waals surface area (Å²) in [6.45, 7) is 0.357. The fourth-order valence-electron chi connectivity index (χ4n) is 4.79. The van der Waals surface area contributed by atoms with Crippen LogP contribution < -0.4 is 10.2 Å². The summed E-state index contributed by atoms with van der Waals surface area (Å²) in [7, 11) is 3.96. The molecule has 0 atom stereocenters. The Labute approximate surface area is 212 Å². The van der Waals surface area contributed by atoms with Crippen LogP contribution in [0.1, 0.15) is 36.8 Å². The number of rotatable bonds is 8. The van der Waals surface area contributed by atoms with Crippen molar-refractivity contribution in [3.63, 3.8) is 0 Å². The van der Waals surface area contributed by atoms with Gasteiger partial charge in [0.2, 0.25) is 11.8 Å². The Bertz CT molecular complexity index is 1140. The number of nitrogens with zero attached hydrogens (tertiary/aromatic N) is 2. The van der Waals surface area contributed by atoms with Gasteiger partial charge >= 0.3 is 0 Å². The van der Waals surface area contributed by atoms with Gasteiger partial charge in [-0.3, -0.25) is 9.59 Å². The van der Waals surface area contributed by atoms with Gasteiger partial charge in [-0.2, -0.15) is 0 Å².